The van der Waals surface area contributed by atoms with Gasteiger partial charge >= 0.3 is 0 Å². The van der Waals surface area contributed by atoms with Crippen molar-refractivity contribution in [2.75, 3.05) is 13.1 Å². The standard InChI is InChI=1S/C18H15N3OS/c19-12-15-6-4-14(5-7-15)8-9-17-20-13-16(23-17)18(22)21-10-2-1-3-11-21/h4-7,13H,1-3,10-11H2. The molecule has 1 saturated heterocycles. The van der Waals surface area contributed by atoms with Crippen molar-refractivity contribution >= 4 is 17.2 Å². The lowest BCUT2D eigenvalue weighted by molar-refractivity contribution is 0.0729. The number of amides is 1. The van der Waals surface area contributed by atoms with Gasteiger partial charge < -0.3 is 4.90 Å². The molecule has 1 aliphatic rings. The molecule has 1 aromatic heterocycles. The molecule has 1 aliphatic heterocycles. The number of carbonyl (C=O) groups excluding carboxylic acids is 1. The van der Waals surface area contributed by atoms with Crippen LogP contribution in [0.2, 0.25) is 0 Å². The number of nitriles is 1. The summed E-state index contributed by atoms with van der Waals surface area (Å²) in [6, 6.07) is 9.15. The van der Waals surface area contributed by atoms with E-state index < -0.39 is 0 Å². The van der Waals surface area contributed by atoms with E-state index in [2.05, 4.69) is 22.9 Å². The lowest BCUT2D eigenvalue weighted by atomic mass is 10.1. The van der Waals surface area contributed by atoms with E-state index in [0.29, 0.717) is 15.4 Å². The monoisotopic (exact) mass is 321 g/mol. The number of hydrogen-bond acceptors (Lipinski definition) is 4. The Kier molecular flexibility index (Phi) is 4.71. The van der Waals surface area contributed by atoms with Crippen molar-refractivity contribution in [1.82, 2.24) is 9.88 Å². The highest BCUT2D eigenvalue weighted by atomic mass is 32.1. The van der Waals surface area contributed by atoms with E-state index in [1.807, 2.05) is 4.90 Å². The molecule has 0 N–H and O–H groups in total. The Balaban J connectivity index is 1.71. The van der Waals surface area contributed by atoms with Gasteiger partial charge in [-0.15, -0.1) is 11.3 Å². The lowest BCUT2D eigenvalue weighted by Crippen LogP contribution is -2.35. The molecule has 0 spiro atoms. The summed E-state index contributed by atoms with van der Waals surface area (Å²) in [6.07, 6.45) is 4.98. The van der Waals surface area contributed by atoms with E-state index >= 15 is 0 Å². The van der Waals surface area contributed by atoms with Gasteiger partial charge in [-0.3, -0.25) is 4.79 Å². The van der Waals surface area contributed by atoms with E-state index in [9.17, 15) is 4.79 Å². The molecule has 0 unspecified atom stereocenters. The van der Waals surface area contributed by atoms with E-state index in [4.69, 9.17) is 5.26 Å². The summed E-state index contributed by atoms with van der Waals surface area (Å²) in [4.78, 5) is 19.1. The highest BCUT2D eigenvalue weighted by Crippen LogP contribution is 2.18. The van der Waals surface area contributed by atoms with Crippen LogP contribution in [0.3, 0.4) is 0 Å². The molecule has 0 radical (unpaired) electrons. The van der Waals surface area contributed by atoms with Crippen LogP contribution in [-0.4, -0.2) is 28.9 Å². The fourth-order valence-electron chi connectivity index (χ4n) is 2.44. The highest BCUT2D eigenvalue weighted by Gasteiger charge is 2.19. The Morgan fingerprint density at radius 3 is 2.48 bits per heavy atom. The highest BCUT2D eigenvalue weighted by molar-refractivity contribution is 7.14. The number of aromatic nitrogens is 1. The van der Waals surface area contributed by atoms with Crippen LogP contribution in [-0.2, 0) is 0 Å². The van der Waals surface area contributed by atoms with Crippen molar-refractivity contribution < 1.29 is 4.79 Å². The van der Waals surface area contributed by atoms with Gasteiger partial charge in [0.25, 0.3) is 5.91 Å². The van der Waals surface area contributed by atoms with Crippen molar-refractivity contribution in [3.63, 3.8) is 0 Å². The summed E-state index contributed by atoms with van der Waals surface area (Å²) in [7, 11) is 0. The molecule has 2 heterocycles. The molecular formula is C18H15N3OS. The SMILES string of the molecule is N#Cc1ccc(C#Cc2ncc(C(=O)N3CCCCC3)s2)cc1. The molecule has 0 saturated carbocycles. The van der Waals surface area contributed by atoms with Crippen LogP contribution in [0.25, 0.3) is 0 Å². The van der Waals surface area contributed by atoms with Crippen molar-refractivity contribution in [1.29, 1.82) is 5.26 Å². The van der Waals surface area contributed by atoms with E-state index in [-0.39, 0.29) is 5.91 Å². The quantitative estimate of drug-likeness (QED) is 0.759. The minimum Gasteiger partial charge on any atom is -0.338 e. The average molecular weight is 321 g/mol. The molecule has 114 valence electrons. The third-order valence-electron chi connectivity index (χ3n) is 3.69. The normalized spacial score (nSPS) is 13.8. The summed E-state index contributed by atoms with van der Waals surface area (Å²) in [6.45, 7) is 1.67. The van der Waals surface area contributed by atoms with Gasteiger partial charge in [-0.25, -0.2) is 4.98 Å². The summed E-state index contributed by atoms with van der Waals surface area (Å²) >= 11 is 1.33. The van der Waals surface area contributed by atoms with Gasteiger partial charge in [-0.1, -0.05) is 5.92 Å². The molecule has 23 heavy (non-hydrogen) atoms. The number of piperidine rings is 1. The molecular weight excluding hydrogens is 306 g/mol. The molecule has 3 rings (SSSR count). The largest absolute Gasteiger partial charge is 0.338 e. The van der Waals surface area contributed by atoms with Crippen LogP contribution >= 0.6 is 11.3 Å². The van der Waals surface area contributed by atoms with Gasteiger partial charge in [0, 0.05) is 18.7 Å². The van der Waals surface area contributed by atoms with E-state index in [1.165, 1.54) is 17.8 Å². The fraction of sp³-hybridized carbons (Fsp3) is 0.278. The van der Waals surface area contributed by atoms with Gasteiger partial charge in [-0.05, 0) is 49.4 Å². The summed E-state index contributed by atoms with van der Waals surface area (Å²) in [5.74, 6) is 6.05. The van der Waals surface area contributed by atoms with Gasteiger partial charge in [0.15, 0.2) is 5.01 Å². The first-order chi connectivity index (χ1) is 11.3. The summed E-state index contributed by atoms with van der Waals surface area (Å²) in [5.41, 5.74) is 1.43. The number of benzene rings is 1. The predicted molar refractivity (Wildman–Crippen MR) is 89.0 cm³/mol. The van der Waals surface area contributed by atoms with Crippen LogP contribution in [0.15, 0.2) is 30.5 Å². The molecule has 1 aromatic carbocycles. The first-order valence-corrected chi connectivity index (χ1v) is 8.35. The fourth-order valence-corrected chi connectivity index (χ4v) is 3.17. The smallest absolute Gasteiger partial charge is 0.265 e. The van der Waals surface area contributed by atoms with Crippen molar-refractivity contribution in [3.05, 3.63) is 51.5 Å². The van der Waals surface area contributed by atoms with Crippen LogP contribution < -0.4 is 0 Å². The maximum Gasteiger partial charge on any atom is 0.265 e. The van der Waals surface area contributed by atoms with Crippen LogP contribution in [0.1, 0.15) is 45.1 Å². The molecule has 0 atom stereocenters. The summed E-state index contributed by atoms with van der Waals surface area (Å²) in [5, 5.41) is 9.40. The van der Waals surface area contributed by atoms with E-state index in [0.717, 1.165) is 31.5 Å². The number of rotatable bonds is 1. The Labute approximate surface area is 139 Å². The molecule has 1 fully saturated rings. The second-order valence-electron chi connectivity index (χ2n) is 5.32. The predicted octanol–water partition coefficient (Wildman–Crippen LogP) is 3.04. The number of thiazole rings is 1. The first kappa shape index (κ1) is 15.3. The van der Waals surface area contributed by atoms with Crippen LogP contribution in [0.5, 0.6) is 0 Å². The first-order valence-electron chi connectivity index (χ1n) is 7.53. The number of nitrogens with zero attached hydrogens (tertiary/aromatic N) is 3. The molecule has 2 aromatic rings. The van der Waals surface area contributed by atoms with E-state index in [1.54, 1.807) is 30.5 Å². The number of carbonyl (C=O) groups is 1. The molecule has 0 aliphatic carbocycles. The van der Waals surface area contributed by atoms with Gasteiger partial charge in [0.05, 0.1) is 17.8 Å². The minimum atomic E-state index is 0.0635. The molecule has 0 bridgehead atoms. The Morgan fingerprint density at radius 1 is 1.09 bits per heavy atom. The second-order valence-corrected chi connectivity index (χ2v) is 6.35. The minimum absolute atomic E-state index is 0.0635. The zero-order chi connectivity index (χ0) is 16.1. The van der Waals surface area contributed by atoms with Crippen molar-refractivity contribution in [2.45, 2.75) is 19.3 Å². The third-order valence-corrected chi connectivity index (χ3v) is 4.59. The Hall–Kier alpha value is -2.63. The zero-order valence-electron chi connectivity index (χ0n) is 12.6. The molecule has 5 heteroatoms. The van der Waals surface area contributed by atoms with Crippen LogP contribution in [0, 0.1) is 23.2 Å². The van der Waals surface area contributed by atoms with Crippen LogP contribution in [0.4, 0.5) is 0 Å². The number of hydrogen-bond donors (Lipinski definition) is 0. The number of likely N-dealkylation sites (tertiary alicyclic amines) is 1. The van der Waals surface area contributed by atoms with Gasteiger partial charge in [0.2, 0.25) is 0 Å². The van der Waals surface area contributed by atoms with Gasteiger partial charge in [0.1, 0.15) is 4.88 Å². The second kappa shape index (κ2) is 7.09. The maximum atomic E-state index is 12.4. The lowest BCUT2D eigenvalue weighted by Gasteiger charge is -2.25. The summed E-state index contributed by atoms with van der Waals surface area (Å²) < 4.78 is 0. The van der Waals surface area contributed by atoms with Crippen molar-refractivity contribution in [3.8, 4) is 17.9 Å². The molecule has 1 amide bonds. The van der Waals surface area contributed by atoms with Crippen molar-refractivity contribution in [2.24, 2.45) is 0 Å². The Morgan fingerprint density at radius 2 is 1.78 bits per heavy atom. The van der Waals surface area contributed by atoms with Gasteiger partial charge in [-0.2, -0.15) is 5.26 Å². The topological polar surface area (TPSA) is 57.0 Å². The zero-order valence-corrected chi connectivity index (χ0v) is 13.4. The average Bonchev–Trinajstić information content (AvgIpc) is 3.09. The maximum absolute atomic E-state index is 12.4. The third kappa shape index (κ3) is 3.77. The Bertz CT molecular complexity index is 799. The molecule has 4 nitrogen and oxygen atoms in total.